The average molecular weight is 802 g/mol. The van der Waals surface area contributed by atoms with Gasteiger partial charge in [-0.2, -0.15) is 0 Å². The van der Waals surface area contributed by atoms with Crippen molar-refractivity contribution in [1.82, 2.24) is 5.32 Å². The van der Waals surface area contributed by atoms with Crippen LogP contribution in [0.3, 0.4) is 0 Å². The summed E-state index contributed by atoms with van der Waals surface area (Å²) in [7, 11) is 0. The van der Waals surface area contributed by atoms with Crippen molar-refractivity contribution in [3.63, 3.8) is 0 Å². The van der Waals surface area contributed by atoms with Crippen LogP contribution in [0.15, 0.2) is 36.5 Å². The quantitative estimate of drug-likeness (QED) is 0.0324. The van der Waals surface area contributed by atoms with E-state index in [1.165, 1.54) is 122 Å². The third-order valence-electron chi connectivity index (χ3n) is 11.2. The lowest BCUT2D eigenvalue weighted by Crippen LogP contribution is -2.45. The van der Waals surface area contributed by atoms with Crippen molar-refractivity contribution >= 4 is 11.9 Å². The van der Waals surface area contributed by atoms with E-state index in [1.807, 2.05) is 0 Å². The fourth-order valence-corrected chi connectivity index (χ4v) is 7.31. The van der Waals surface area contributed by atoms with Crippen LogP contribution >= 0.6 is 0 Å². The van der Waals surface area contributed by atoms with Crippen molar-refractivity contribution in [3.05, 3.63) is 36.5 Å². The fourth-order valence-electron chi connectivity index (χ4n) is 7.31. The molecule has 0 bridgehead atoms. The molecule has 0 fully saturated rings. The van der Waals surface area contributed by atoms with Crippen LogP contribution in [0.25, 0.3) is 0 Å². The average Bonchev–Trinajstić information content (AvgIpc) is 3.21. The molecule has 0 aliphatic rings. The molecule has 0 aromatic carbocycles. The number of allylic oxidation sites excluding steroid dienone is 6. The van der Waals surface area contributed by atoms with Gasteiger partial charge in [0.1, 0.15) is 0 Å². The molecule has 3 N–H and O–H groups in total. The summed E-state index contributed by atoms with van der Waals surface area (Å²) in [4.78, 5) is 24.4. The van der Waals surface area contributed by atoms with E-state index in [0.29, 0.717) is 25.9 Å². The number of carbonyl (C=O) groups is 2. The van der Waals surface area contributed by atoms with Crippen LogP contribution in [0, 0.1) is 0 Å². The Kier molecular flexibility index (Phi) is 45.2. The molecule has 0 aliphatic heterocycles. The van der Waals surface area contributed by atoms with Crippen molar-refractivity contribution in [3.8, 4) is 0 Å². The van der Waals surface area contributed by atoms with Gasteiger partial charge in [-0.05, 0) is 83.5 Å². The van der Waals surface area contributed by atoms with Gasteiger partial charge >= 0.3 is 5.97 Å². The topological polar surface area (TPSA) is 95.9 Å². The maximum Gasteiger partial charge on any atom is 0.305 e. The number of aliphatic hydroxyl groups excluding tert-OH is 2. The fraction of sp³-hybridized carbons (Fsp3) is 0.843. The Morgan fingerprint density at radius 1 is 0.491 bits per heavy atom. The number of hydrogen-bond donors (Lipinski definition) is 3. The van der Waals surface area contributed by atoms with E-state index in [0.717, 1.165) is 96.3 Å². The first kappa shape index (κ1) is 55.1. The Morgan fingerprint density at radius 3 is 1.39 bits per heavy atom. The molecule has 0 radical (unpaired) electrons. The van der Waals surface area contributed by atoms with Crippen molar-refractivity contribution in [1.29, 1.82) is 0 Å². The Labute approximate surface area is 353 Å². The Bertz CT molecular complexity index is 931. The van der Waals surface area contributed by atoms with E-state index in [1.54, 1.807) is 0 Å². The van der Waals surface area contributed by atoms with Gasteiger partial charge in [0.2, 0.25) is 5.91 Å². The molecular formula is C51H95NO5. The van der Waals surface area contributed by atoms with Gasteiger partial charge in [-0.1, -0.05) is 192 Å². The van der Waals surface area contributed by atoms with Gasteiger partial charge in [0.25, 0.3) is 0 Å². The predicted octanol–water partition coefficient (Wildman–Crippen LogP) is 14.5. The molecule has 0 rings (SSSR count). The summed E-state index contributed by atoms with van der Waals surface area (Å²) in [5, 5.41) is 23.2. The molecule has 2 atom stereocenters. The largest absolute Gasteiger partial charge is 0.466 e. The van der Waals surface area contributed by atoms with Gasteiger partial charge in [0.05, 0.1) is 25.4 Å². The summed E-state index contributed by atoms with van der Waals surface area (Å²) in [6.07, 6.45) is 55.3. The molecule has 0 aromatic rings. The first-order chi connectivity index (χ1) is 28.0. The van der Waals surface area contributed by atoms with Gasteiger partial charge in [-0.3, -0.25) is 9.59 Å². The molecule has 334 valence electrons. The third kappa shape index (κ3) is 43.5. The van der Waals surface area contributed by atoms with E-state index in [2.05, 4.69) is 55.6 Å². The predicted molar refractivity (Wildman–Crippen MR) is 246 cm³/mol. The number of carbonyl (C=O) groups excluding carboxylic acids is 2. The third-order valence-corrected chi connectivity index (χ3v) is 11.2. The zero-order valence-electron chi connectivity index (χ0n) is 37.8. The maximum atomic E-state index is 12.4. The lowest BCUT2D eigenvalue weighted by molar-refractivity contribution is -0.143. The summed E-state index contributed by atoms with van der Waals surface area (Å²) in [6, 6.07) is -0.563. The minimum absolute atomic E-state index is 0.0458. The van der Waals surface area contributed by atoms with Crippen molar-refractivity contribution < 1.29 is 24.5 Å². The second-order valence-corrected chi connectivity index (χ2v) is 16.8. The number of unbranched alkanes of at least 4 members (excludes halogenated alkanes) is 28. The molecule has 0 aromatic heterocycles. The van der Waals surface area contributed by atoms with Crippen LogP contribution < -0.4 is 5.32 Å². The second-order valence-electron chi connectivity index (χ2n) is 16.8. The molecule has 1 amide bonds. The highest BCUT2D eigenvalue weighted by Gasteiger charge is 2.20. The zero-order chi connectivity index (χ0) is 41.5. The number of nitrogens with one attached hydrogen (secondary N) is 1. The number of rotatable bonds is 45. The van der Waals surface area contributed by atoms with E-state index >= 15 is 0 Å². The minimum atomic E-state index is -0.683. The van der Waals surface area contributed by atoms with Gasteiger partial charge in [0, 0.05) is 12.8 Å². The molecule has 6 nitrogen and oxygen atoms in total. The van der Waals surface area contributed by atoms with Gasteiger partial charge < -0.3 is 20.3 Å². The highest BCUT2D eigenvalue weighted by atomic mass is 16.5. The second kappa shape index (κ2) is 46.8. The zero-order valence-corrected chi connectivity index (χ0v) is 37.8. The molecule has 0 spiro atoms. The molecule has 57 heavy (non-hydrogen) atoms. The number of esters is 1. The smallest absolute Gasteiger partial charge is 0.305 e. The monoisotopic (exact) mass is 802 g/mol. The highest BCUT2D eigenvalue weighted by molar-refractivity contribution is 5.76. The Morgan fingerprint density at radius 2 is 0.877 bits per heavy atom. The summed E-state index contributed by atoms with van der Waals surface area (Å²) >= 11 is 0. The van der Waals surface area contributed by atoms with Crippen LogP contribution in [-0.4, -0.2) is 47.4 Å². The van der Waals surface area contributed by atoms with Crippen molar-refractivity contribution in [2.24, 2.45) is 0 Å². The first-order valence-electron chi connectivity index (χ1n) is 24.7. The van der Waals surface area contributed by atoms with Crippen LogP contribution in [0.2, 0.25) is 0 Å². The van der Waals surface area contributed by atoms with E-state index in [9.17, 15) is 19.8 Å². The van der Waals surface area contributed by atoms with E-state index in [-0.39, 0.29) is 18.5 Å². The number of aliphatic hydroxyl groups is 2. The first-order valence-corrected chi connectivity index (χ1v) is 24.7. The maximum absolute atomic E-state index is 12.4. The molecule has 0 heterocycles. The lowest BCUT2D eigenvalue weighted by atomic mass is 10.0. The van der Waals surface area contributed by atoms with Crippen LogP contribution in [0.5, 0.6) is 0 Å². The molecule has 0 aliphatic carbocycles. The number of amides is 1. The Balaban J connectivity index is 3.54. The number of hydrogen-bond acceptors (Lipinski definition) is 5. The summed E-state index contributed by atoms with van der Waals surface area (Å²) < 4.78 is 5.42. The summed E-state index contributed by atoms with van der Waals surface area (Å²) in [6.45, 7) is 4.83. The Hall–Kier alpha value is -1.92. The van der Waals surface area contributed by atoms with Crippen molar-refractivity contribution in [2.45, 2.75) is 264 Å². The van der Waals surface area contributed by atoms with Gasteiger partial charge in [-0.25, -0.2) is 0 Å². The van der Waals surface area contributed by atoms with Crippen LogP contribution in [-0.2, 0) is 14.3 Å². The molecule has 0 saturated heterocycles. The van der Waals surface area contributed by atoms with Crippen molar-refractivity contribution in [2.75, 3.05) is 13.2 Å². The summed E-state index contributed by atoms with van der Waals surface area (Å²) in [5.41, 5.74) is 0. The van der Waals surface area contributed by atoms with Crippen LogP contribution in [0.4, 0.5) is 0 Å². The van der Waals surface area contributed by atoms with Crippen LogP contribution in [0.1, 0.15) is 251 Å². The standard InChI is InChI=1S/C51H95NO5/c1-3-5-7-9-11-13-15-17-19-21-25-29-33-37-41-45-51(56)57-46-42-38-34-30-26-22-24-28-32-36-40-44-50(55)52-48(47-53)49(54)43-39-35-31-27-23-20-18-16-14-12-10-8-6-4-2/h11,13,17,19,26,30,48-49,53-54H,3-10,12,14-16,18,20-25,27-29,31-47H2,1-2H3,(H,52,55)/b13-11-,19-17-,30-26-. The molecule has 2 unspecified atom stereocenters. The van der Waals surface area contributed by atoms with Gasteiger partial charge in [-0.15, -0.1) is 0 Å². The van der Waals surface area contributed by atoms with E-state index in [4.69, 9.17) is 4.74 Å². The minimum Gasteiger partial charge on any atom is -0.466 e. The van der Waals surface area contributed by atoms with E-state index < -0.39 is 12.1 Å². The van der Waals surface area contributed by atoms with Gasteiger partial charge in [0.15, 0.2) is 0 Å². The SMILES string of the molecule is CCCCC/C=C\C/C=C\CCCCCCCC(=O)OCCCC/C=C\CCCCCCCC(=O)NC(CO)C(O)CCCCCCCCCCCCCCCC. The summed E-state index contributed by atoms with van der Waals surface area (Å²) in [5.74, 6) is -0.112. The highest BCUT2D eigenvalue weighted by Crippen LogP contribution is 2.15. The molecule has 0 saturated carbocycles. The normalized spacial score (nSPS) is 13.0. The molecular weight excluding hydrogens is 707 g/mol. The lowest BCUT2D eigenvalue weighted by Gasteiger charge is -2.22. The number of ether oxygens (including phenoxy) is 1. The molecule has 6 heteroatoms.